The molecule has 0 unspecified atom stereocenters. The fourth-order valence-corrected chi connectivity index (χ4v) is 5.03. The second kappa shape index (κ2) is 13.1. The van der Waals surface area contributed by atoms with Crippen LogP contribution in [0.2, 0.25) is 5.02 Å². The summed E-state index contributed by atoms with van der Waals surface area (Å²) in [6.07, 6.45) is 5.10. The molecular weight excluding hydrogens is 529 g/mol. The van der Waals surface area contributed by atoms with Crippen LogP contribution in [0.15, 0.2) is 102 Å². The maximum absolute atomic E-state index is 13.8. The van der Waals surface area contributed by atoms with Crippen molar-refractivity contribution in [2.75, 3.05) is 5.73 Å². The zero-order valence-corrected chi connectivity index (χ0v) is 22.8. The van der Waals surface area contributed by atoms with Crippen LogP contribution < -0.4 is 10.5 Å². The Kier molecular flexibility index (Phi) is 9.36. The first-order valence-electron chi connectivity index (χ1n) is 12.3. The summed E-state index contributed by atoms with van der Waals surface area (Å²) in [5.74, 6) is -0.615. The molecule has 4 aromatic rings. The van der Waals surface area contributed by atoms with Crippen molar-refractivity contribution in [3.63, 3.8) is 0 Å². The van der Waals surface area contributed by atoms with E-state index in [-0.39, 0.29) is 5.91 Å². The van der Waals surface area contributed by atoms with E-state index in [2.05, 4.69) is 4.72 Å². The number of nitrogens with two attached hydrogens (primary N) is 1. The van der Waals surface area contributed by atoms with Gasteiger partial charge in [-0.25, -0.2) is 4.39 Å². The average Bonchev–Trinajstić information content (AvgIpc) is 2.95. The standard InChI is InChI=1S/C32H27ClFN3OS/c1-2-27(28-15-14-25(34)19-29(28)33)32(23-13-16-30(36)24(18-23)20-35)22-11-8-21(9-12-22)10-17-31(38)37-39-26-6-4-3-5-7-26/h3-20,35H,2,36H2,1H3,(H,37,38)/b17-10+,32-27+,35-20?. The van der Waals surface area contributed by atoms with Gasteiger partial charge < -0.3 is 11.1 Å². The van der Waals surface area contributed by atoms with E-state index >= 15 is 0 Å². The fraction of sp³-hybridized carbons (Fsp3) is 0.0625. The predicted molar refractivity (Wildman–Crippen MR) is 162 cm³/mol. The number of carbonyl (C=O) groups excluding carboxylic acids is 1. The van der Waals surface area contributed by atoms with Crippen molar-refractivity contribution in [3.05, 3.63) is 136 Å². The summed E-state index contributed by atoms with van der Waals surface area (Å²) in [4.78, 5) is 13.2. The summed E-state index contributed by atoms with van der Waals surface area (Å²) in [5, 5.41) is 8.09. The van der Waals surface area contributed by atoms with Crippen molar-refractivity contribution in [2.24, 2.45) is 0 Å². The molecule has 0 radical (unpaired) electrons. The summed E-state index contributed by atoms with van der Waals surface area (Å²) in [6, 6.07) is 27.4. The number of hydrogen-bond donors (Lipinski definition) is 3. The van der Waals surface area contributed by atoms with Crippen molar-refractivity contribution in [1.29, 1.82) is 5.41 Å². The van der Waals surface area contributed by atoms with Crippen molar-refractivity contribution >= 4 is 58.6 Å². The van der Waals surface area contributed by atoms with Crippen molar-refractivity contribution in [3.8, 4) is 0 Å². The fourth-order valence-electron chi connectivity index (χ4n) is 4.17. The van der Waals surface area contributed by atoms with Gasteiger partial charge in [-0.15, -0.1) is 0 Å². The smallest absolute Gasteiger partial charge is 0.254 e. The highest BCUT2D eigenvalue weighted by Crippen LogP contribution is 2.38. The quantitative estimate of drug-likeness (QED) is 0.0639. The first-order valence-corrected chi connectivity index (χ1v) is 13.5. The van der Waals surface area contributed by atoms with Crippen LogP contribution in [0.3, 0.4) is 0 Å². The molecule has 0 aliphatic heterocycles. The second-order valence-corrected chi connectivity index (χ2v) is 9.94. The highest BCUT2D eigenvalue weighted by atomic mass is 35.5. The van der Waals surface area contributed by atoms with E-state index in [1.165, 1.54) is 36.4 Å². The van der Waals surface area contributed by atoms with E-state index in [9.17, 15) is 9.18 Å². The van der Waals surface area contributed by atoms with Crippen LogP contribution in [0, 0.1) is 11.2 Å². The summed E-state index contributed by atoms with van der Waals surface area (Å²) >= 11 is 7.75. The molecule has 7 heteroatoms. The molecule has 0 aliphatic carbocycles. The molecule has 0 saturated heterocycles. The van der Waals surface area contributed by atoms with E-state index in [0.717, 1.165) is 38.3 Å². The Morgan fingerprint density at radius 3 is 2.38 bits per heavy atom. The van der Waals surface area contributed by atoms with Crippen LogP contribution in [0.5, 0.6) is 0 Å². The molecule has 1 amide bonds. The van der Waals surface area contributed by atoms with Crippen LogP contribution in [0.4, 0.5) is 10.1 Å². The number of carbonyl (C=O) groups is 1. The average molecular weight is 556 g/mol. The Hall–Kier alpha value is -4.13. The van der Waals surface area contributed by atoms with E-state index in [4.69, 9.17) is 22.7 Å². The number of halogens is 2. The van der Waals surface area contributed by atoms with Gasteiger partial charge in [0.2, 0.25) is 0 Å². The molecule has 4 N–H and O–H groups in total. The largest absolute Gasteiger partial charge is 0.398 e. The minimum Gasteiger partial charge on any atom is -0.398 e. The number of nitrogens with one attached hydrogen (secondary N) is 2. The molecule has 0 bridgehead atoms. The van der Waals surface area contributed by atoms with Gasteiger partial charge in [-0.05, 0) is 94.2 Å². The molecule has 0 aliphatic rings. The minimum atomic E-state index is -0.401. The van der Waals surface area contributed by atoms with Crippen molar-refractivity contribution in [2.45, 2.75) is 18.2 Å². The third kappa shape index (κ3) is 7.05. The second-order valence-electron chi connectivity index (χ2n) is 8.66. The summed E-state index contributed by atoms with van der Waals surface area (Å²) in [5.41, 5.74) is 12.4. The molecule has 4 rings (SSSR count). The Labute approximate surface area is 237 Å². The van der Waals surface area contributed by atoms with Gasteiger partial charge in [0, 0.05) is 28.4 Å². The van der Waals surface area contributed by atoms with E-state index in [1.54, 1.807) is 18.2 Å². The summed E-state index contributed by atoms with van der Waals surface area (Å²) < 4.78 is 16.6. The molecule has 4 aromatic carbocycles. The molecule has 0 fully saturated rings. The maximum atomic E-state index is 13.8. The van der Waals surface area contributed by atoms with Crippen molar-refractivity contribution in [1.82, 2.24) is 4.72 Å². The van der Waals surface area contributed by atoms with Gasteiger partial charge in [-0.2, -0.15) is 0 Å². The lowest BCUT2D eigenvalue weighted by atomic mass is 9.87. The third-order valence-corrected chi connectivity index (χ3v) is 7.21. The van der Waals surface area contributed by atoms with Crippen LogP contribution in [0.25, 0.3) is 17.2 Å². The highest BCUT2D eigenvalue weighted by molar-refractivity contribution is 7.98. The number of nitrogen functional groups attached to an aromatic ring is 1. The van der Waals surface area contributed by atoms with Gasteiger partial charge in [0.1, 0.15) is 5.82 Å². The Bertz CT molecular complexity index is 1550. The highest BCUT2D eigenvalue weighted by Gasteiger charge is 2.16. The van der Waals surface area contributed by atoms with Gasteiger partial charge in [-0.3, -0.25) is 9.52 Å². The molecule has 4 nitrogen and oxygen atoms in total. The van der Waals surface area contributed by atoms with Crippen LogP contribution >= 0.6 is 23.5 Å². The molecule has 39 heavy (non-hydrogen) atoms. The first kappa shape index (κ1) is 27.9. The number of amides is 1. The SMILES string of the molecule is CC/C(=C(/c1ccc(/C=C/C(=O)NSc2ccccc2)cc1)c1ccc(N)c(C=N)c1)c1ccc(F)cc1Cl. The molecule has 0 aromatic heterocycles. The number of allylic oxidation sites excluding steroid dienone is 1. The van der Waals surface area contributed by atoms with Crippen LogP contribution in [-0.2, 0) is 4.79 Å². The molecule has 0 heterocycles. The number of anilines is 1. The third-order valence-electron chi connectivity index (χ3n) is 6.08. The Morgan fingerprint density at radius 1 is 1.00 bits per heavy atom. The monoisotopic (exact) mass is 555 g/mol. The van der Waals surface area contributed by atoms with E-state index < -0.39 is 5.82 Å². The molecule has 0 saturated carbocycles. The molecular formula is C32H27ClFN3OS. The molecule has 0 spiro atoms. The normalized spacial score (nSPS) is 11.8. The molecule has 0 atom stereocenters. The van der Waals surface area contributed by atoms with Crippen LogP contribution in [-0.4, -0.2) is 12.1 Å². The predicted octanol–water partition coefficient (Wildman–Crippen LogP) is 8.26. The zero-order valence-electron chi connectivity index (χ0n) is 21.2. The first-order chi connectivity index (χ1) is 18.9. The van der Waals surface area contributed by atoms with Gasteiger partial charge in [0.25, 0.3) is 5.91 Å². The lowest BCUT2D eigenvalue weighted by Crippen LogP contribution is -2.11. The lowest BCUT2D eigenvalue weighted by molar-refractivity contribution is -0.114. The number of rotatable bonds is 9. The van der Waals surface area contributed by atoms with E-state index in [1.807, 2.05) is 73.7 Å². The van der Waals surface area contributed by atoms with Gasteiger partial charge in [0.05, 0.1) is 5.02 Å². The zero-order chi connectivity index (χ0) is 27.8. The topological polar surface area (TPSA) is 79.0 Å². The van der Waals surface area contributed by atoms with Gasteiger partial charge >= 0.3 is 0 Å². The maximum Gasteiger partial charge on any atom is 0.254 e. The number of hydrogen-bond acceptors (Lipinski definition) is 4. The van der Waals surface area contributed by atoms with Crippen molar-refractivity contribution < 1.29 is 9.18 Å². The minimum absolute atomic E-state index is 0.214. The lowest BCUT2D eigenvalue weighted by Gasteiger charge is -2.18. The summed E-state index contributed by atoms with van der Waals surface area (Å²) in [7, 11) is 0. The number of benzene rings is 4. The van der Waals surface area contributed by atoms with Crippen LogP contribution in [0.1, 0.15) is 41.2 Å². The van der Waals surface area contributed by atoms with Gasteiger partial charge in [-0.1, -0.05) is 73.1 Å². The summed E-state index contributed by atoms with van der Waals surface area (Å²) in [6.45, 7) is 2.02. The Balaban J connectivity index is 1.68. The van der Waals surface area contributed by atoms with Gasteiger partial charge in [0.15, 0.2) is 0 Å². The molecule has 196 valence electrons. The Morgan fingerprint density at radius 2 is 1.72 bits per heavy atom. The van der Waals surface area contributed by atoms with E-state index in [0.29, 0.717) is 22.7 Å².